The van der Waals surface area contributed by atoms with Gasteiger partial charge in [0.05, 0.1) is 5.71 Å². The van der Waals surface area contributed by atoms with Crippen molar-refractivity contribution in [2.45, 2.75) is 19.4 Å². The highest BCUT2D eigenvalue weighted by molar-refractivity contribution is 6.04. The van der Waals surface area contributed by atoms with E-state index in [1.165, 1.54) is 0 Å². The van der Waals surface area contributed by atoms with Crippen LogP contribution in [0.2, 0.25) is 0 Å². The third kappa shape index (κ3) is 4.79. The quantitative estimate of drug-likeness (QED) is 0.279. The summed E-state index contributed by atoms with van der Waals surface area (Å²) in [5.41, 5.74) is 7.30. The Bertz CT molecular complexity index is 1410. The molecule has 0 saturated heterocycles. The van der Waals surface area contributed by atoms with Crippen LogP contribution in [0.25, 0.3) is 22.5 Å². The normalized spacial score (nSPS) is 13.4. The summed E-state index contributed by atoms with van der Waals surface area (Å²) in [4.78, 5) is 18.6. The number of carbonyl (C=O) groups excluding carboxylic acids is 1. The molecule has 0 unspecified atom stereocenters. The number of anilines is 1. The number of amides is 1. The summed E-state index contributed by atoms with van der Waals surface area (Å²) in [5.74, 6) is 0.670. The molecule has 1 amide bonds. The summed E-state index contributed by atoms with van der Waals surface area (Å²) in [7, 11) is 3.96. The fourth-order valence-electron chi connectivity index (χ4n) is 4.31. The van der Waals surface area contributed by atoms with E-state index in [0.717, 1.165) is 45.5 Å². The molecule has 0 aliphatic heterocycles. The number of nitrogens with one attached hydrogen (secondary N) is 1. The van der Waals surface area contributed by atoms with Crippen LogP contribution in [0.15, 0.2) is 82.6 Å². The fraction of sp³-hybridized carbons (Fsp3) is 0.179. The van der Waals surface area contributed by atoms with Crippen molar-refractivity contribution in [2.24, 2.45) is 5.16 Å². The highest BCUT2D eigenvalue weighted by Crippen LogP contribution is 2.39. The van der Waals surface area contributed by atoms with Crippen molar-refractivity contribution in [1.82, 2.24) is 10.3 Å². The van der Waals surface area contributed by atoms with Gasteiger partial charge in [-0.3, -0.25) is 4.98 Å². The summed E-state index contributed by atoms with van der Waals surface area (Å²) in [6.07, 6.45) is 4.26. The number of hydrogen-bond acceptors (Lipinski definition) is 7. The first-order valence-electron chi connectivity index (χ1n) is 11.6. The summed E-state index contributed by atoms with van der Waals surface area (Å²) in [5, 5.41) is 15.4. The first kappa shape index (κ1) is 23.2. The Morgan fingerprint density at radius 2 is 1.81 bits per heavy atom. The maximum Gasteiger partial charge on any atom is 0.415 e. The SMILES string of the molecule is CN(C)c1ccc(CNC(=O)Oc2cc(-c3ccc4c(c3)CCC4=NO)c(-c3ccncc3)o2)cc1. The molecule has 0 fully saturated rings. The number of aryl methyl sites for hydroxylation is 1. The molecule has 4 aromatic rings. The van der Waals surface area contributed by atoms with Crippen molar-refractivity contribution in [2.75, 3.05) is 19.0 Å². The van der Waals surface area contributed by atoms with Gasteiger partial charge in [-0.05, 0) is 53.8 Å². The largest absolute Gasteiger partial charge is 0.425 e. The molecule has 1 aliphatic rings. The summed E-state index contributed by atoms with van der Waals surface area (Å²) in [6, 6.07) is 19.3. The van der Waals surface area contributed by atoms with E-state index in [2.05, 4.69) is 21.5 Å². The van der Waals surface area contributed by atoms with Crippen molar-refractivity contribution in [3.05, 3.63) is 89.7 Å². The third-order valence-corrected chi connectivity index (χ3v) is 6.21. The lowest BCUT2D eigenvalue weighted by molar-refractivity contribution is 0.187. The Labute approximate surface area is 208 Å². The van der Waals surface area contributed by atoms with E-state index in [-0.39, 0.29) is 5.95 Å². The van der Waals surface area contributed by atoms with Gasteiger partial charge in [-0.15, -0.1) is 0 Å². The predicted octanol–water partition coefficient (Wildman–Crippen LogP) is 5.49. The molecule has 0 spiro atoms. The molecule has 2 heterocycles. The standard InChI is InChI=1S/C28H26N4O4/c1-32(2)22-7-3-18(4-8-22)17-30-28(33)36-26-16-24(27(35-26)19-11-13-29-14-12-19)21-5-9-23-20(15-21)6-10-25(23)31-34/h3-5,7-9,11-16,34H,6,10,17H2,1-2H3,(H,30,33). The monoisotopic (exact) mass is 482 g/mol. The van der Waals surface area contributed by atoms with E-state index in [1.807, 2.05) is 67.5 Å². The first-order valence-corrected chi connectivity index (χ1v) is 11.6. The summed E-state index contributed by atoms with van der Waals surface area (Å²) in [6.45, 7) is 0.330. The van der Waals surface area contributed by atoms with Gasteiger partial charge in [-0.25, -0.2) is 4.79 Å². The number of pyridine rings is 1. The van der Waals surface area contributed by atoms with Gasteiger partial charge in [-0.2, -0.15) is 0 Å². The van der Waals surface area contributed by atoms with Crippen LogP contribution in [-0.4, -0.2) is 36.1 Å². The van der Waals surface area contributed by atoms with Crippen molar-refractivity contribution in [1.29, 1.82) is 0 Å². The van der Waals surface area contributed by atoms with Crippen LogP contribution >= 0.6 is 0 Å². The molecule has 36 heavy (non-hydrogen) atoms. The van der Waals surface area contributed by atoms with Gasteiger partial charge >= 0.3 is 6.09 Å². The summed E-state index contributed by atoms with van der Waals surface area (Å²) < 4.78 is 11.5. The lowest BCUT2D eigenvalue weighted by Gasteiger charge is -2.12. The van der Waals surface area contributed by atoms with Crippen molar-refractivity contribution < 1.29 is 19.2 Å². The lowest BCUT2D eigenvalue weighted by Crippen LogP contribution is -2.26. The topological polar surface area (TPSA) is 100 Å². The second kappa shape index (κ2) is 9.95. The number of oxime groups is 1. The minimum absolute atomic E-state index is 0.0929. The van der Waals surface area contributed by atoms with Crippen LogP contribution in [0.3, 0.4) is 0 Å². The Balaban J connectivity index is 1.37. The first-order chi connectivity index (χ1) is 17.5. The zero-order valence-corrected chi connectivity index (χ0v) is 20.1. The van der Waals surface area contributed by atoms with Gasteiger partial charge in [0.25, 0.3) is 5.95 Å². The van der Waals surface area contributed by atoms with E-state index < -0.39 is 6.09 Å². The molecule has 0 saturated carbocycles. The average Bonchev–Trinajstić information content (AvgIpc) is 3.51. The molecule has 2 aromatic heterocycles. The second-order valence-electron chi connectivity index (χ2n) is 8.77. The number of hydrogen-bond donors (Lipinski definition) is 2. The van der Waals surface area contributed by atoms with E-state index in [9.17, 15) is 10.0 Å². The van der Waals surface area contributed by atoms with Crippen LogP contribution in [0.1, 0.15) is 23.1 Å². The van der Waals surface area contributed by atoms with Crippen molar-refractivity contribution in [3.8, 4) is 28.4 Å². The zero-order valence-electron chi connectivity index (χ0n) is 20.1. The molecule has 2 N–H and O–H groups in total. The Morgan fingerprint density at radius 3 is 2.53 bits per heavy atom. The molecule has 5 rings (SSSR count). The smallest absolute Gasteiger partial charge is 0.415 e. The van der Waals surface area contributed by atoms with Gasteiger partial charge in [0.15, 0.2) is 0 Å². The van der Waals surface area contributed by atoms with Crippen LogP contribution < -0.4 is 15.0 Å². The number of rotatable bonds is 6. The maximum absolute atomic E-state index is 12.5. The predicted molar refractivity (Wildman–Crippen MR) is 138 cm³/mol. The average molecular weight is 483 g/mol. The fourth-order valence-corrected chi connectivity index (χ4v) is 4.31. The maximum atomic E-state index is 12.5. The van der Waals surface area contributed by atoms with Gasteiger partial charge in [0.1, 0.15) is 5.76 Å². The molecule has 0 radical (unpaired) electrons. The van der Waals surface area contributed by atoms with Gasteiger partial charge in [-0.1, -0.05) is 35.5 Å². The number of furan rings is 1. The Morgan fingerprint density at radius 1 is 1.03 bits per heavy atom. The molecule has 0 atom stereocenters. The second-order valence-corrected chi connectivity index (χ2v) is 8.77. The van der Waals surface area contributed by atoms with Crippen molar-refractivity contribution >= 4 is 17.5 Å². The van der Waals surface area contributed by atoms with E-state index >= 15 is 0 Å². The molecule has 1 aliphatic carbocycles. The van der Waals surface area contributed by atoms with Gasteiger partial charge in [0, 0.05) is 61.5 Å². The molecular formula is C28H26N4O4. The van der Waals surface area contributed by atoms with E-state index in [1.54, 1.807) is 18.5 Å². The Hall–Kier alpha value is -4.59. The van der Waals surface area contributed by atoms with Gasteiger partial charge < -0.3 is 24.6 Å². The molecular weight excluding hydrogens is 456 g/mol. The lowest BCUT2D eigenvalue weighted by atomic mass is 9.98. The third-order valence-electron chi connectivity index (χ3n) is 6.21. The van der Waals surface area contributed by atoms with Crippen molar-refractivity contribution in [3.63, 3.8) is 0 Å². The minimum atomic E-state index is -0.606. The van der Waals surface area contributed by atoms with Crippen LogP contribution in [0, 0.1) is 0 Å². The Kier molecular flexibility index (Phi) is 6.40. The summed E-state index contributed by atoms with van der Waals surface area (Å²) >= 11 is 0. The number of benzene rings is 2. The number of fused-ring (bicyclic) bond motifs is 1. The van der Waals surface area contributed by atoms with E-state index in [4.69, 9.17) is 9.15 Å². The molecule has 182 valence electrons. The van der Waals surface area contributed by atoms with E-state index in [0.29, 0.717) is 24.4 Å². The number of nitrogens with zero attached hydrogens (tertiary/aromatic N) is 3. The van der Waals surface area contributed by atoms with Crippen LogP contribution in [-0.2, 0) is 13.0 Å². The molecule has 8 heteroatoms. The highest BCUT2D eigenvalue weighted by atomic mass is 16.6. The minimum Gasteiger partial charge on any atom is -0.425 e. The molecule has 0 bridgehead atoms. The number of aromatic nitrogens is 1. The van der Waals surface area contributed by atoms with Crippen LogP contribution in [0.4, 0.5) is 10.5 Å². The van der Waals surface area contributed by atoms with Crippen LogP contribution in [0.5, 0.6) is 5.95 Å². The van der Waals surface area contributed by atoms with Gasteiger partial charge in [0.2, 0.25) is 0 Å². The zero-order chi connectivity index (χ0) is 25.1. The molecule has 2 aromatic carbocycles. The highest BCUT2D eigenvalue weighted by Gasteiger charge is 2.22. The molecule has 8 nitrogen and oxygen atoms in total. The number of ether oxygens (including phenoxy) is 1. The number of carbonyl (C=O) groups is 1.